The summed E-state index contributed by atoms with van der Waals surface area (Å²) in [5.41, 5.74) is -1.48. The van der Waals surface area contributed by atoms with Gasteiger partial charge in [-0.2, -0.15) is 0 Å². The molecule has 0 bridgehead atoms. The summed E-state index contributed by atoms with van der Waals surface area (Å²) in [5, 5.41) is 42.1. The Kier molecular flexibility index (Phi) is 5.26. The number of aliphatic hydroxyl groups excluding tert-OH is 3. The fraction of sp³-hybridized carbons (Fsp3) is 0.583. The molecule has 6 atom stereocenters. The first-order valence-electron chi connectivity index (χ1n) is 15.1. The average Bonchev–Trinajstić information content (AvgIpc) is 3.48. The highest BCUT2D eigenvalue weighted by atomic mass is 32.2. The molecule has 0 radical (unpaired) electrons. The molecule has 4 N–H and O–H groups in total. The maximum atomic E-state index is 14.6. The Hall–Kier alpha value is -2.38. The van der Waals surface area contributed by atoms with Gasteiger partial charge in [-0.25, -0.2) is 19.0 Å². The normalized spacial score (nSPS) is 31.2. The van der Waals surface area contributed by atoms with Crippen molar-refractivity contribution in [2.75, 3.05) is 24.2 Å². The van der Waals surface area contributed by atoms with Crippen LogP contribution in [0, 0.1) is 12.7 Å². The number of ether oxygens (including phenoxy) is 1. The maximum absolute atomic E-state index is 14.6. The molecule has 0 spiro atoms. The van der Waals surface area contributed by atoms with Crippen molar-refractivity contribution in [1.82, 2.24) is 25.0 Å². The zero-order chi connectivity index (χ0) is 31.6. The van der Waals surface area contributed by atoms with Crippen LogP contribution in [0.1, 0.15) is 58.9 Å². The second-order valence-corrected chi connectivity index (χ2v) is 9.58. The first kappa shape index (κ1) is 18.0. The summed E-state index contributed by atoms with van der Waals surface area (Å²) in [6.45, 7) is -0.411. The number of fused-ring (bicyclic) bond motifs is 1. The third-order valence-electron chi connectivity index (χ3n) is 6.26. The van der Waals surface area contributed by atoms with E-state index in [-0.39, 0.29) is 58.2 Å². The first-order chi connectivity index (χ1) is 20.1. The van der Waals surface area contributed by atoms with Crippen LogP contribution in [0.2, 0.25) is 0 Å². The van der Waals surface area contributed by atoms with Crippen LogP contribution in [0.4, 0.5) is 10.2 Å². The van der Waals surface area contributed by atoms with Gasteiger partial charge < -0.3 is 25.4 Å². The van der Waals surface area contributed by atoms with Gasteiger partial charge in [0.1, 0.15) is 18.0 Å². The second-order valence-electron chi connectivity index (χ2n) is 8.72. The van der Waals surface area contributed by atoms with Crippen LogP contribution in [0.3, 0.4) is 0 Å². The number of hydrogen-bond acceptors (Lipinski definition) is 10. The lowest BCUT2D eigenvalue weighted by atomic mass is 10.1. The Balaban J connectivity index is 1.50. The minimum absolute atomic E-state index is 0.0113. The predicted octanol–water partition coefficient (Wildman–Crippen LogP) is 2.18. The van der Waals surface area contributed by atoms with Crippen LogP contribution in [-0.2, 0) is 4.74 Å². The van der Waals surface area contributed by atoms with Crippen molar-refractivity contribution < 1.29 is 34.0 Å². The minimum atomic E-state index is -2.46. The van der Waals surface area contributed by atoms with E-state index < -0.39 is 67.0 Å². The number of hydrogen-bond donors (Lipinski definition) is 4. The van der Waals surface area contributed by atoms with Gasteiger partial charge in [-0.15, -0.1) is 5.10 Å². The first-order valence-corrected chi connectivity index (χ1v) is 12.4. The molecule has 194 valence electrons. The standard InChI is InChI=1S/C24H31FN6O4S/c1-3-8-36-24-27-22(26-16-10-14(16)13-5-4-12(2)15(25)9-13)19-23(28-24)31(30-29-19)17-11-18(35-7-6-32)21(34)20(17)33/h4-5,9,14,16-18,20-21,32-34H,3,6-8,10-11H2,1-2H3,(H,26,27,28)/t14-,16+,17+,18-,20-,21+/m0/s1/i4D,5D,7D2,8D2,9D. The molecule has 1 aromatic carbocycles. The topological polar surface area (TPSA) is 138 Å². The van der Waals surface area contributed by atoms with E-state index in [9.17, 15) is 19.7 Å². The smallest absolute Gasteiger partial charge is 0.191 e. The van der Waals surface area contributed by atoms with Crippen molar-refractivity contribution in [3.63, 3.8) is 0 Å². The molecule has 3 aromatic rings. The highest BCUT2D eigenvalue weighted by Crippen LogP contribution is 2.44. The molecular formula is C24H31FN6O4S. The fourth-order valence-electron chi connectivity index (χ4n) is 4.28. The van der Waals surface area contributed by atoms with Crippen LogP contribution >= 0.6 is 11.8 Å². The number of nitrogens with zero attached hydrogens (tertiary/aromatic N) is 5. The van der Waals surface area contributed by atoms with Gasteiger partial charge >= 0.3 is 0 Å². The molecule has 10 nitrogen and oxygen atoms in total. The number of rotatable bonds is 10. The lowest BCUT2D eigenvalue weighted by Crippen LogP contribution is -2.33. The summed E-state index contributed by atoms with van der Waals surface area (Å²) in [6, 6.07) is -2.33. The molecule has 0 saturated heterocycles. The van der Waals surface area contributed by atoms with Gasteiger partial charge in [-0.3, -0.25) is 0 Å². The quantitative estimate of drug-likeness (QED) is 0.230. The Bertz CT molecular complexity index is 1520. The van der Waals surface area contributed by atoms with Gasteiger partial charge in [0.05, 0.1) is 32.2 Å². The number of thioether (sulfide) groups is 1. The summed E-state index contributed by atoms with van der Waals surface area (Å²) in [5.74, 6) is -1.17. The zero-order valence-corrected chi connectivity index (χ0v) is 20.4. The van der Waals surface area contributed by atoms with Gasteiger partial charge in [0.25, 0.3) is 0 Å². The van der Waals surface area contributed by atoms with Gasteiger partial charge in [-0.05, 0) is 36.9 Å². The molecule has 2 aliphatic carbocycles. The van der Waals surface area contributed by atoms with E-state index in [2.05, 4.69) is 25.6 Å². The van der Waals surface area contributed by atoms with Crippen molar-refractivity contribution in [2.45, 2.75) is 74.6 Å². The lowest BCUT2D eigenvalue weighted by molar-refractivity contribution is -0.0629. The maximum Gasteiger partial charge on any atom is 0.191 e. The second kappa shape index (κ2) is 10.5. The molecule has 36 heavy (non-hydrogen) atoms. The monoisotopic (exact) mass is 525 g/mol. The summed E-state index contributed by atoms with van der Waals surface area (Å²) in [7, 11) is 0. The largest absolute Gasteiger partial charge is 0.394 e. The highest BCUT2D eigenvalue weighted by Gasteiger charge is 2.45. The van der Waals surface area contributed by atoms with E-state index in [1.54, 1.807) is 6.92 Å². The van der Waals surface area contributed by atoms with Crippen LogP contribution < -0.4 is 5.32 Å². The van der Waals surface area contributed by atoms with Crippen LogP contribution in [0.25, 0.3) is 11.2 Å². The molecule has 0 amide bonds. The van der Waals surface area contributed by atoms with E-state index in [0.717, 1.165) is 11.8 Å². The molecule has 12 heteroatoms. The molecule has 0 unspecified atom stereocenters. The van der Waals surface area contributed by atoms with Gasteiger partial charge in [0, 0.05) is 26.8 Å². The summed E-state index contributed by atoms with van der Waals surface area (Å²) >= 11 is 0.751. The summed E-state index contributed by atoms with van der Waals surface area (Å²) in [6.07, 6.45) is -3.75. The molecule has 2 heterocycles. The number of anilines is 1. The average molecular weight is 526 g/mol. The fourth-order valence-corrected chi connectivity index (χ4v) is 4.82. The number of benzene rings is 1. The van der Waals surface area contributed by atoms with Crippen LogP contribution in [-0.4, -0.2) is 83.5 Å². The number of aliphatic hydroxyl groups is 3. The molecule has 0 aliphatic heterocycles. The molecule has 2 aliphatic rings. The van der Waals surface area contributed by atoms with Crippen molar-refractivity contribution in [3.8, 4) is 0 Å². The van der Waals surface area contributed by atoms with Gasteiger partial charge in [0.2, 0.25) is 0 Å². The van der Waals surface area contributed by atoms with Crippen molar-refractivity contribution >= 4 is 28.7 Å². The van der Waals surface area contributed by atoms with E-state index in [0.29, 0.717) is 6.42 Å². The molecule has 2 aromatic heterocycles. The lowest BCUT2D eigenvalue weighted by Gasteiger charge is -2.17. The molecule has 2 fully saturated rings. The zero-order valence-electron chi connectivity index (χ0n) is 26.6. The third-order valence-corrected chi connectivity index (χ3v) is 7.06. The third kappa shape index (κ3) is 4.92. The van der Waals surface area contributed by atoms with E-state index >= 15 is 0 Å². The van der Waals surface area contributed by atoms with Crippen molar-refractivity contribution in [3.05, 3.63) is 35.1 Å². The van der Waals surface area contributed by atoms with Crippen molar-refractivity contribution in [1.29, 1.82) is 0 Å². The SMILES string of the molecule is [2H]c1c([2H])c([C@@H]2C[C@H]2Nc2nc(SC([2H])([2H])CC)nc3c2nnn3[C@@H]2C[C@H](OC([2H])([2H])CO)[C@@H](O)[C@H]2O)c([2H])c(F)c1C. The van der Waals surface area contributed by atoms with E-state index in [1.807, 2.05) is 0 Å². The van der Waals surface area contributed by atoms with Crippen molar-refractivity contribution in [2.24, 2.45) is 0 Å². The Morgan fingerprint density at radius 2 is 2.14 bits per heavy atom. The Morgan fingerprint density at radius 1 is 1.31 bits per heavy atom. The summed E-state index contributed by atoms with van der Waals surface area (Å²) < 4.78 is 77.4. The van der Waals surface area contributed by atoms with E-state index in [1.165, 1.54) is 11.6 Å². The predicted molar refractivity (Wildman–Crippen MR) is 133 cm³/mol. The van der Waals surface area contributed by atoms with E-state index in [4.69, 9.17) is 14.3 Å². The Labute approximate surface area is 222 Å². The summed E-state index contributed by atoms with van der Waals surface area (Å²) in [4.78, 5) is 8.89. The molecular weight excluding hydrogens is 487 g/mol. The molecule has 5 rings (SSSR count). The molecule has 2 saturated carbocycles. The number of nitrogens with one attached hydrogen (secondary N) is 1. The Morgan fingerprint density at radius 3 is 2.92 bits per heavy atom. The highest BCUT2D eigenvalue weighted by molar-refractivity contribution is 7.99. The number of halogens is 1. The van der Waals surface area contributed by atoms with Crippen LogP contribution in [0.15, 0.2) is 23.3 Å². The van der Waals surface area contributed by atoms with Gasteiger partial charge in [-0.1, -0.05) is 36.0 Å². The van der Waals surface area contributed by atoms with Crippen LogP contribution in [0.5, 0.6) is 0 Å². The minimum Gasteiger partial charge on any atom is -0.394 e. The number of aromatic nitrogens is 5. The van der Waals surface area contributed by atoms with Gasteiger partial charge in [0.15, 0.2) is 22.1 Å².